The standard InChI is InChI=1S/C18H21N5O4/c1-10(11-5-3-2-4-6-11)22-16-13-17(20-8-19-16)23(9-21-13)18-15(26)14(25)12(7-24)27-18/h2-6,8-10,12,14-15,18,24-26H,7H2,1H3,(H,19,20,22)/t10?,12-,14-,15-,18?/m1/s1. The molecule has 1 aliphatic rings. The molecule has 1 aliphatic heterocycles. The van der Waals surface area contributed by atoms with Crippen molar-refractivity contribution in [2.75, 3.05) is 11.9 Å². The molecule has 142 valence electrons. The van der Waals surface area contributed by atoms with Crippen LogP contribution in [0.15, 0.2) is 43.0 Å². The lowest BCUT2D eigenvalue weighted by atomic mass is 10.1. The average Bonchev–Trinajstić information content (AvgIpc) is 3.25. The SMILES string of the molecule is CC(Nc1ncnc2c1ncn2C1O[C@H](CO)[C@@H](O)[C@H]1O)c1ccccc1. The van der Waals surface area contributed by atoms with E-state index >= 15 is 0 Å². The number of aliphatic hydroxyl groups excluding tert-OH is 3. The summed E-state index contributed by atoms with van der Waals surface area (Å²) in [5.41, 5.74) is 2.09. The number of aliphatic hydroxyl groups is 3. The monoisotopic (exact) mass is 371 g/mol. The first-order chi connectivity index (χ1) is 13.1. The van der Waals surface area contributed by atoms with Gasteiger partial charge >= 0.3 is 0 Å². The molecule has 1 fully saturated rings. The number of nitrogens with one attached hydrogen (secondary N) is 1. The third-order valence-corrected chi connectivity index (χ3v) is 4.80. The normalized spacial score (nSPS) is 26.4. The van der Waals surface area contributed by atoms with E-state index in [0.717, 1.165) is 5.56 Å². The first-order valence-corrected chi connectivity index (χ1v) is 8.71. The molecule has 5 atom stereocenters. The van der Waals surface area contributed by atoms with Crippen molar-refractivity contribution in [1.29, 1.82) is 0 Å². The number of ether oxygens (including phenoxy) is 1. The third kappa shape index (κ3) is 3.15. The summed E-state index contributed by atoms with van der Waals surface area (Å²) < 4.78 is 7.11. The largest absolute Gasteiger partial charge is 0.394 e. The topological polar surface area (TPSA) is 126 Å². The predicted octanol–water partition coefficient (Wildman–Crippen LogP) is 0.611. The number of aromatic nitrogens is 4. The Balaban J connectivity index is 1.64. The maximum Gasteiger partial charge on any atom is 0.167 e. The second-order valence-corrected chi connectivity index (χ2v) is 6.55. The Morgan fingerprint density at radius 2 is 1.93 bits per heavy atom. The number of rotatable bonds is 5. The highest BCUT2D eigenvalue weighted by atomic mass is 16.6. The van der Waals surface area contributed by atoms with Crippen molar-refractivity contribution in [1.82, 2.24) is 19.5 Å². The Labute approximate surface area is 155 Å². The van der Waals surface area contributed by atoms with E-state index in [1.165, 1.54) is 12.7 Å². The van der Waals surface area contributed by atoms with Gasteiger partial charge in [0.25, 0.3) is 0 Å². The van der Waals surface area contributed by atoms with Crippen LogP contribution in [0.5, 0.6) is 0 Å². The molecule has 9 nitrogen and oxygen atoms in total. The quantitative estimate of drug-likeness (QED) is 0.514. The van der Waals surface area contributed by atoms with Gasteiger partial charge in [0.2, 0.25) is 0 Å². The lowest BCUT2D eigenvalue weighted by Crippen LogP contribution is -2.33. The fourth-order valence-corrected chi connectivity index (χ4v) is 3.28. The van der Waals surface area contributed by atoms with Crippen molar-refractivity contribution in [3.63, 3.8) is 0 Å². The Morgan fingerprint density at radius 3 is 2.63 bits per heavy atom. The zero-order valence-electron chi connectivity index (χ0n) is 14.7. The highest BCUT2D eigenvalue weighted by molar-refractivity contribution is 5.82. The van der Waals surface area contributed by atoms with Gasteiger partial charge in [-0.15, -0.1) is 0 Å². The number of nitrogens with zero attached hydrogens (tertiary/aromatic N) is 4. The average molecular weight is 371 g/mol. The van der Waals surface area contributed by atoms with Crippen molar-refractivity contribution >= 4 is 17.0 Å². The van der Waals surface area contributed by atoms with Crippen LogP contribution >= 0.6 is 0 Å². The molecule has 3 aromatic rings. The Hall–Kier alpha value is -2.59. The van der Waals surface area contributed by atoms with Crippen LogP contribution < -0.4 is 5.32 Å². The summed E-state index contributed by atoms with van der Waals surface area (Å²) >= 11 is 0. The molecule has 27 heavy (non-hydrogen) atoms. The van der Waals surface area contributed by atoms with Crippen LogP contribution in [0, 0.1) is 0 Å². The van der Waals surface area contributed by atoms with Crippen LogP contribution in [0.3, 0.4) is 0 Å². The summed E-state index contributed by atoms with van der Waals surface area (Å²) in [6.07, 6.45) is -1.25. The van der Waals surface area contributed by atoms with E-state index in [-0.39, 0.29) is 6.04 Å². The summed E-state index contributed by atoms with van der Waals surface area (Å²) in [5.74, 6) is 0.557. The summed E-state index contributed by atoms with van der Waals surface area (Å²) in [6, 6.07) is 9.95. The molecule has 4 N–H and O–H groups in total. The molecule has 1 saturated heterocycles. The van der Waals surface area contributed by atoms with E-state index in [2.05, 4.69) is 20.3 Å². The third-order valence-electron chi connectivity index (χ3n) is 4.80. The van der Waals surface area contributed by atoms with Gasteiger partial charge in [0.05, 0.1) is 19.0 Å². The fraction of sp³-hybridized carbons (Fsp3) is 0.389. The van der Waals surface area contributed by atoms with Gasteiger partial charge in [0.15, 0.2) is 23.2 Å². The number of anilines is 1. The van der Waals surface area contributed by atoms with Crippen molar-refractivity contribution in [2.24, 2.45) is 0 Å². The Morgan fingerprint density at radius 1 is 1.15 bits per heavy atom. The molecule has 2 aromatic heterocycles. The van der Waals surface area contributed by atoms with Crippen LogP contribution in [-0.2, 0) is 4.74 Å². The number of fused-ring (bicyclic) bond motifs is 1. The molecule has 0 spiro atoms. The molecule has 4 rings (SSSR count). The first-order valence-electron chi connectivity index (χ1n) is 8.71. The van der Waals surface area contributed by atoms with Crippen molar-refractivity contribution in [3.8, 4) is 0 Å². The van der Waals surface area contributed by atoms with Gasteiger partial charge in [-0.25, -0.2) is 15.0 Å². The molecule has 0 amide bonds. The molecule has 3 heterocycles. The summed E-state index contributed by atoms with van der Waals surface area (Å²) in [4.78, 5) is 12.9. The van der Waals surface area contributed by atoms with Crippen LogP contribution in [0.1, 0.15) is 24.8 Å². The molecule has 2 unspecified atom stereocenters. The number of hydrogen-bond donors (Lipinski definition) is 4. The molecule has 0 aliphatic carbocycles. The molecule has 9 heteroatoms. The van der Waals surface area contributed by atoms with Gasteiger partial charge in [-0.2, -0.15) is 0 Å². The van der Waals surface area contributed by atoms with Crippen LogP contribution in [0.2, 0.25) is 0 Å². The van der Waals surface area contributed by atoms with E-state index in [9.17, 15) is 15.3 Å². The Bertz CT molecular complexity index is 919. The van der Waals surface area contributed by atoms with Gasteiger partial charge < -0.3 is 25.4 Å². The van der Waals surface area contributed by atoms with Crippen molar-refractivity contribution < 1.29 is 20.1 Å². The Kier molecular flexibility index (Phi) is 4.75. The number of imidazole rings is 1. The minimum absolute atomic E-state index is 0.00311. The highest BCUT2D eigenvalue weighted by Crippen LogP contribution is 2.32. The van der Waals surface area contributed by atoms with Gasteiger partial charge in [-0.05, 0) is 12.5 Å². The maximum atomic E-state index is 10.3. The maximum absolute atomic E-state index is 10.3. The second-order valence-electron chi connectivity index (χ2n) is 6.55. The summed E-state index contributed by atoms with van der Waals surface area (Å²) in [5, 5.41) is 32.8. The zero-order chi connectivity index (χ0) is 19.0. The summed E-state index contributed by atoms with van der Waals surface area (Å²) in [7, 11) is 0. The van der Waals surface area contributed by atoms with Crippen molar-refractivity contribution in [2.45, 2.75) is 37.5 Å². The van der Waals surface area contributed by atoms with Crippen molar-refractivity contribution in [3.05, 3.63) is 48.5 Å². The van der Waals surface area contributed by atoms with Gasteiger partial charge in [-0.3, -0.25) is 4.57 Å². The predicted molar refractivity (Wildman–Crippen MR) is 96.8 cm³/mol. The minimum atomic E-state index is -1.20. The van der Waals surface area contributed by atoms with Crippen LogP contribution in [0.25, 0.3) is 11.2 Å². The smallest absolute Gasteiger partial charge is 0.167 e. The molecule has 1 aromatic carbocycles. The molecular weight excluding hydrogens is 350 g/mol. The van der Waals surface area contributed by atoms with Gasteiger partial charge in [0.1, 0.15) is 24.6 Å². The van der Waals surface area contributed by atoms with E-state index < -0.39 is 31.1 Å². The highest BCUT2D eigenvalue weighted by Gasteiger charge is 2.44. The molecule has 0 radical (unpaired) electrons. The number of benzene rings is 1. The van der Waals surface area contributed by atoms with Crippen LogP contribution in [-0.4, -0.2) is 59.8 Å². The fourth-order valence-electron chi connectivity index (χ4n) is 3.28. The lowest BCUT2D eigenvalue weighted by Gasteiger charge is -2.17. The van der Waals surface area contributed by atoms with E-state index in [1.807, 2.05) is 37.3 Å². The van der Waals surface area contributed by atoms with E-state index in [1.54, 1.807) is 4.57 Å². The molecular formula is C18H21N5O4. The van der Waals surface area contributed by atoms with Gasteiger partial charge in [0, 0.05) is 0 Å². The minimum Gasteiger partial charge on any atom is -0.394 e. The molecule has 0 saturated carbocycles. The molecule has 0 bridgehead atoms. The van der Waals surface area contributed by atoms with E-state index in [4.69, 9.17) is 4.74 Å². The second kappa shape index (κ2) is 7.20. The number of hydrogen-bond acceptors (Lipinski definition) is 8. The zero-order valence-corrected chi connectivity index (χ0v) is 14.7. The first kappa shape index (κ1) is 17.8. The summed E-state index contributed by atoms with van der Waals surface area (Å²) in [6.45, 7) is 1.63. The van der Waals surface area contributed by atoms with Gasteiger partial charge in [-0.1, -0.05) is 30.3 Å². The van der Waals surface area contributed by atoms with Crippen LogP contribution in [0.4, 0.5) is 5.82 Å². The lowest BCUT2D eigenvalue weighted by molar-refractivity contribution is -0.0511. The van der Waals surface area contributed by atoms with E-state index in [0.29, 0.717) is 17.0 Å².